The molecule has 0 aliphatic carbocycles. The van der Waals surface area contributed by atoms with Gasteiger partial charge >= 0.3 is 0 Å². The van der Waals surface area contributed by atoms with Gasteiger partial charge in [0.05, 0.1) is 5.69 Å². The van der Waals surface area contributed by atoms with E-state index in [-0.39, 0.29) is 18.4 Å². The van der Waals surface area contributed by atoms with Crippen LogP contribution in [-0.4, -0.2) is 30.5 Å². The van der Waals surface area contributed by atoms with E-state index in [2.05, 4.69) is 10.3 Å². The second kappa shape index (κ2) is 4.73. The van der Waals surface area contributed by atoms with Gasteiger partial charge < -0.3 is 19.9 Å². The van der Waals surface area contributed by atoms with Gasteiger partial charge in [0.15, 0.2) is 6.61 Å². The lowest BCUT2D eigenvalue weighted by Gasteiger charge is -2.26. The number of hydrogen-bond acceptors (Lipinski definition) is 3. The minimum absolute atomic E-state index is 0.0394. The van der Waals surface area contributed by atoms with Crippen molar-refractivity contribution in [2.75, 3.05) is 23.9 Å². The smallest absolute Gasteiger partial charge is 0.272 e. The van der Waals surface area contributed by atoms with Crippen molar-refractivity contribution in [3.63, 3.8) is 0 Å². The molecule has 0 unspecified atom stereocenters. The van der Waals surface area contributed by atoms with Crippen LogP contribution in [0.3, 0.4) is 0 Å². The summed E-state index contributed by atoms with van der Waals surface area (Å²) in [6, 6.07) is 8.63. The summed E-state index contributed by atoms with van der Waals surface area (Å²) in [6.45, 7) is 0.0394. The Kier molecular flexibility index (Phi) is 2.90. The molecule has 1 aliphatic rings. The number of ether oxygens (including phenoxy) is 1. The summed E-state index contributed by atoms with van der Waals surface area (Å²) >= 11 is 0. The first-order chi connectivity index (χ1) is 9.65. The molecule has 2 aromatic rings. The normalized spacial score (nSPS) is 13.7. The molecule has 2 heterocycles. The third kappa shape index (κ3) is 2.11. The molecule has 1 aliphatic heterocycles. The van der Waals surface area contributed by atoms with Crippen LogP contribution in [0.4, 0.5) is 11.4 Å². The topological polar surface area (TPSA) is 74.4 Å². The van der Waals surface area contributed by atoms with Crippen LogP contribution in [0.5, 0.6) is 5.75 Å². The highest BCUT2D eigenvalue weighted by Gasteiger charge is 2.22. The zero-order valence-electron chi connectivity index (χ0n) is 10.8. The molecule has 0 bridgehead atoms. The maximum absolute atomic E-state index is 11.9. The fourth-order valence-electron chi connectivity index (χ4n) is 2.02. The molecule has 6 heteroatoms. The average Bonchev–Trinajstić information content (AvgIpc) is 2.98. The first-order valence-electron chi connectivity index (χ1n) is 6.13. The Hall–Kier alpha value is -2.76. The van der Waals surface area contributed by atoms with Crippen LogP contribution in [0, 0.1) is 0 Å². The van der Waals surface area contributed by atoms with E-state index in [0.717, 1.165) is 0 Å². The van der Waals surface area contributed by atoms with Crippen LogP contribution in [-0.2, 0) is 4.79 Å². The minimum Gasteiger partial charge on any atom is -0.482 e. The van der Waals surface area contributed by atoms with Gasteiger partial charge in [-0.05, 0) is 30.3 Å². The van der Waals surface area contributed by atoms with Crippen molar-refractivity contribution < 1.29 is 14.3 Å². The average molecular weight is 271 g/mol. The molecular weight excluding hydrogens is 258 g/mol. The number of aromatic nitrogens is 1. The Balaban J connectivity index is 1.85. The lowest BCUT2D eigenvalue weighted by molar-refractivity contribution is -0.120. The fraction of sp³-hybridized carbons (Fsp3) is 0.143. The Morgan fingerprint density at radius 1 is 1.40 bits per heavy atom. The number of likely N-dealkylation sites (N-methyl/N-ethyl adjacent to an activating group) is 1. The highest BCUT2D eigenvalue weighted by Crippen LogP contribution is 2.33. The SMILES string of the molecule is CN1C(=O)COc2ccc(NC(=O)c3ccc[nH]3)cc21. The molecule has 0 atom stereocenters. The van der Waals surface area contributed by atoms with Crippen molar-refractivity contribution in [3.05, 3.63) is 42.2 Å². The molecule has 0 saturated carbocycles. The van der Waals surface area contributed by atoms with Crippen LogP contribution >= 0.6 is 0 Å². The minimum atomic E-state index is -0.236. The fourth-order valence-corrected chi connectivity index (χ4v) is 2.02. The molecule has 0 fully saturated rings. The number of rotatable bonds is 2. The predicted octanol–water partition coefficient (Wildman–Crippen LogP) is 1.62. The van der Waals surface area contributed by atoms with Crippen LogP contribution < -0.4 is 15.0 Å². The number of benzene rings is 1. The third-order valence-corrected chi connectivity index (χ3v) is 3.15. The van der Waals surface area contributed by atoms with Crippen LogP contribution in [0.1, 0.15) is 10.5 Å². The number of aromatic amines is 1. The first kappa shape index (κ1) is 12.3. The van der Waals surface area contributed by atoms with Gasteiger partial charge in [-0.3, -0.25) is 9.59 Å². The van der Waals surface area contributed by atoms with E-state index in [1.54, 1.807) is 43.6 Å². The number of hydrogen-bond donors (Lipinski definition) is 2. The van der Waals surface area contributed by atoms with Crippen molar-refractivity contribution in [3.8, 4) is 5.75 Å². The van der Waals surface area contributed by atoms with Crippen molar-refractivity contribution in [1.82, 2.24) is 4.98 Å². The van der Waals surface area contributed by atoms with Crippen molar-refractivity contribution in [2.45, 2.75) is 0 Å². The zero-order chi connectivity index (χ0) is 14.1. The number of H-pyrrole nitrogens is 1. The number of anilines is 2. The van der Waals surface area contributed by atoms with Gasteiger partial charge in [-0.1, -0.05) is 0 Å². The van der Waals surface area contributed by atoms with Crippen molar-refractivity contribution in [2.24, 2.45) is 0 Å². The van der Waals surface area contributed by atoms with E-state index in [9.17, 15) is 9.59 Å². The highest BCUT2D eigenvalue weighted by molar-refractivity contribution is 6.04. The summed E-state index contributed by atoms with van der Waals surface area (Å²) in [5.74, 6) is 0.274. The monoisotopic (exact) mass is 271 g/mol. The number of nitrogens with one attached hydrogen (secondary N) is 2. The number of nitrogens with zero attached hydrogens (tertiary/aromatic N) is 1. The Morgan fingerprint density at radius 3 is 3.00 bits per heavy atom. The first-order valence-corrected chi connectivity index (χ1v) is 6.13. The van der Waals surface area contributed by atoms with Crippen LogP contribution in [0.15, 0.2) is 36.5 Å². The van der Waals surface area contributed by atoms with Crippen molar-refractivity contribution >= 4 is 23.2 Å². The molecule has 2 amide bonds. The Labute approximate surface area is 115 Å². The molecule has 0 saturated heterocycles. The van der Waals surface area contributed by atoms with E-state index in [1.807, 2.05) is 0 Å². The second-order valence-corrected chi connectivity index (χ2v) is 4.46. The van der Waals surface area contributed by atoms with E-state index in [1.165, 1.54) is 4.90 Å². The quantitative estimate of drug-likeness (QED) is 0.871. The van der Waals surface area contributed by atoms with Crippen LogP contribution in [0.25, 0.3) is 0 Å². The number of carbonyl (C=O) groups is 2. The predicted molar refractivity (Wildman–Crippen MR) is 74.1 cm³/mol. The van der Waals surface area contributed by atoms with Gasteiger partial charge in [0, 0.05) is 18.9 Å². The van der Waals surface area contributed by atoms with Crippen molar-refractivity contribution in [1.29, 1.82) is 0 Å². The van der Waals surface area contributed by atoms with Gasteiger partial charge in [-0.25, -0.2) is 0 Å². The van der Waals surface area contributed by atoms with E-state index >= 15 is 0 Å². The van der Waals surface area contributed by atoms with Gasteiger partial charge in [0.1, 0.15) is 11.4 Å². The maximum atomic E-state index is 11.9. The van der Waals surface area contributed by atoms with Gasteiger partial charge in [0.25, 0.3) is 11.8 Å². The molecule has 102 valence electrons. The molecule has 1 aromatic carbocycles. The summed E-state index contributed by atoms with van der Waals surface area (Å²) in [5, 5.41) is 2.77. The lowest BCUT2D eigenvalue weighted by atomic mass is 10.2. The van der Waals surface area contributed by atoms with Gasteiger partial charge in [0.2, 0.25) is 0 Å². The van der Waals surface area contributed by atoms with Gasteiger partial charge in [-0.2, -0.15) is 0 Å². The standard InChI is InChI=1S/C14H13N3O3/c1-17-11-7-9(4-5-12(11)20-8-13(17)18)16-14(19)10-3-2-6-15-10/h2-7,15H,8H2,1H3,(H,16,19). The number of fused-ring (bicyclic) bond motifs is 1. The molecule has 20 heavy (non-hydrogen) atoms. The number of amides is 2. The number of carbonyl (C=O) groups excluding carboxylic acids is 2. The summed E-state index contributed by atoms with van der Waals surface area (Å²) < 4.78 is 5.33. The molecule has 1 aromatic heterocycles. The highest BCUT2D eigenvalue weighted by atomic mass is 16.5. The summed E-state index contributed by atoms with van der Waals surface area (Å²) in [7, 11) is 1.68. The summed E-state index contributed by atoms with van der Waals surface area (Å²) in [5.41, 5.74) is 1.72. The Morgan fingerprint density at radius 2 is 2.25 bits per heavy atom. The largest absolute Gasteiger partial charge is 0.482 e. The molecule has 0 radical (unpaired) electrons. The second-order valence-electron chi connectivity index (χ2n) is 4.46. The molecule has 2 N–H and O–H groups in total. The summed E-state index contributed by atoms with van der Waals surface area (Å²) in [4.78, 5) is 27.9. The molecule has 3 rings (SSSR count). The lowest BCUT2D eigenvalue weighted by Crippen LogP contribution is -2.35. The molecular formula is C14H13N3O3. The third-order valence-electron chi connectivity index (χ3n) is 3.15. The maximum Gasteiger partial charge on any atom is 0.272 e. The summed E-state index contributed by atoms with van der Waals surface area (Å²) in [6.07, 6.45) is 1.68. The van der Waals surface area contributed by atoms with Gasteiger partial charge in [-0.15, -0.1) is 0 Å². The molecule has 6 nitrogen and oxygen atoms in total. The molecule has 0 spiro atoms. The van der Waals surface area contributed by atoms with Crippen LogP contribution in [0.2, 0.25) is 0 Å². The Bertz CT molecular complexity index is 664. The zero-order valence-corrected chi connectivity index (χ0v) is 10.8. The van der Waals surface area contributed by atoms with E-state index in [4.69, 9.17) is 4.74 Å². The van der Waals surface area contributed by atoms with E-state index < -0.39 is 0 Å². The van der Waals surface area contributed by atoms with E-state index in [0.29, 0.717) is 22.8 Å².